The van der Waals surface area contributed by atoms with Crippen molar-refractivity contribution in [3.63, 3.8) is 0 Å². The van der Waals surface area contributed by atoms with E-state index in [0.717, 1.165) is 31.5 Å². The fraction of sp³-hybridized carbons (Fsp3) is 0.538. The molecule has 1 aliphatic rings. The Balaban J connectivity index is 2.14. The van der Waals surface area contributed by atoms with E-state index >= 15 is 0 Å². The Kier molecular flexibility index (Phi) is 3.91. The lowest BCUT2D eigenvalue weighted by atomic mass is 9.81. The second-order valence-corrected chi connectivity index (χ2v) is 4.43. The number of halogens is 1. The number of piperidine rings is 1. The van der Waals surface area contributed by atoms with Gasteiger partial charge in [-0.2, -0.15) is 0 Å². The summed E-state index contributed by atoms with van der Waals surface area (Å²) in [5, 5.41) is 12.8. The molecule has 3 heteroatoms. The van der Waals surface area contributed by atoms with E-state index in [1.54, 1.807) is 12.1 Å². The summed E-state index contributed by atoms with van der Waals surface area (Å²) in [6.45, 7) is 2.10. The summed E-state index contributed by atoms with van der Waals surface area (Å²) < 4.78 is 13.1. The van der Waals surface area contributed by atoms with Crippen LogP contribution in [-0.4, -0.2) is 24.8 Å². The van der Waals surface area contributed by atoms with Gasteiger partial charge < -0.3 is 10.4 Å². The minimum Gasteiger partial charge on any atom is -0.396 e. The van der Waals surface area contributed by atoms with Crippen LogP contribution in [0.4, 0.5) is 4.39 Å². The molecule has 0 bridgehead atoms. The third-order valence-corrected chi connectivity index (χ3v) is 3.43. The van der Waals surface area contributed by atoms with Gasteiger partial charge in [-0.05, 0) is 49.5 Å². The molecule has 1 aromatic carbocycles. The van der Waals surface area contributed by atoms with E-state index < -0.39 is 0 Å². The van der Waals surface area contributed by atoms with Crippen LogP contribution in [0.2, 0.25) is 0 Å². The number of nitrogens with one attached hydrogen (secondary N) is 1. The zero-order chi connectivity index (χ0) is 11.4. The van der Waals surface area contributed by atoms with Crippen LogP contribution in [0.25, 0.3) is 0 Å². The molecule has 1 heterocycles. The Morgan fingerprint density at radius 1 is 1.38 bits per heavy atom. The van der Waals surface area contributed by atoms with E-state index in [4.69, 9.17) is 0 Å². The molecule has 1 atom stereocenters. The number of rotatable bonds is 3. The first-order chi connectivity index (χ1) is 7.81. The molecule has 1 saturated heterocycles. The second kappa shape index (κ2) is 5.41. The fourth-order valence-corrected chi connectivity index (χ4v) is 2.51. The predicted molar refractivity (Wildman–Crippen MR) is 61.8 cm³/mol. The van der Waals surface area contributed by atoms with Crippen molar-refractivity contribution in [2.45, 2.75) is 18.8 Å². The molecule has 2 nitrogen and oxygen atoms in total. The smallest absolute Gasteiger partial charge is 0.123 e. The van der Waals surface area contributed by atoms with Gasteiger partial charge in [-0.15, -0.1) is 0 Å². The highest BCUT2D eigenvalue weighted by atomic mass is 19.1. The molecule has 1 unspecified atom stereocenters. The highest BCUT2D eigenvalue weighted by molar-refractivity contribution is 5.21. The van der Waals surface area contributed by atoms with Gasteiger partial charge in [0.1, 0.15) is 5.82 Å². The molecule has 88 valence electrons. The number of aliphatic hydroxyl groups is 1. The number of hydrogen-bond donors (Lipinski definition) is 2. The Bertz CT molecular complexity index is 336. The van der Waals surface area contributed by atoms with Crippen LogP contribution >= 0.6 is 0 Å². The van der Waals surface area contributed by atoms with Crippen molar-refractivity contribution in [3.8, 4) is 0 Å². The topological polar surface area (TPSA) is 32.3 Å². The molecular weight excluding hydrogens is 205 g/mol. The van der Waals surface area contributed by atoms with Crippen molar-refractivity contribution < 1.29 is 9.50 Å². The van der Waals surface area contributed by atoms with Gasteiger partial charge in [-0.1, -0.05) is 12.1 Å². The summed E-state index contributed by atoms with van der Waals surface area (Å²) in [5.74, 6) is 0.329. The van der Waals surface area contributed by atoms with E-state index in [-0.39, 0.29) is 18.3 Å². The van der Waals surface area contributed by atoms with Crippen molar-refractivity contribution in [1.29, 1.82) is 0 Å². The Morgan fingerprint density at radius 3 is 2.75 bits per heavy atom. The maximum absolute atomic E-state index is 13.1. The SMILES string of the molecule is OCC(c1cccc(F)c1)C1CCNCC1. The van der Waals surface area contributed by atoms with Gasteiger partial charge in [-0.3, -0.25) is 0 Å². The van der Waals surface area contributed by atoms with E-state index in [1.165, 1.54) is 6.07 Å². The first-order valence-corrected chi connectivity index (χ1v) is 5.88. The van der Waals surface area contributed by atoms with Crippen molar-refractivity contribution >= 4 is 0 Å². The third-order valence-electron chi connectivity index (χ3n) is 3.43. The van der Waals surface area contributed by atoms with Crippen LogP contribution in [0.3, 0.4) is 0 Å². The molecule has 0 spiro atoms. The average Bonchev–Trinajstić information content (AvgIpc) is 2.31. The summed E-state index contributed by atoms with van der Waals surface area (Å²) in [6, 6.07) is 6.61. The van der Waals surface area contributed by atoms with Gasteiger partial charge in [-0.25, -0.2) is 4.39 Å². The molecule has 1 aliphatic heterocycles. The highest BCUT2D eigenvalue weighted by Crippen LogP contribution is 2.30. The normalized spacial score (nSPS) is 19.6. The van der Waals surface area contributed by atoms with Crippen molar-refractivity contribution in [3.05, 3.63) is 35.6 Å². The molecule has 0 radical (unpaired) electrons. The van der Waals surface area contributed by atoms with Crippen LogP contribution in [0.1, 0.15) is 24.3 Å². The second-order valence-electron chi connectivity index (χ2n) is 4.43. The van der Waals surface area contributed by atoms with E-state index in [2.05, 4.69) is 5.32 Å². The van der Waals surface area contributed by atoms with Crippen LogP contribution in [0, 0.1) is 11.7 Å². The molecule has 0 saturated carbocycles. The average molecular weight is 223 g/mol. The van der Waals surface area contributed by atoms with Gasteiger partial charge in [0.25, 0.3) is 0 Å². The molecule has 0 aliphatic carbocycles. The quantitative estimate of drug-likeness (QED) is 0.820. The molecular formula is C13H18FNO. The third kappa shape index (κ3) is 2.60. The maximum atomic E-state index is 13.1. The Hall–Kier alpha value is -0.930. The minimum absolute atomic E-state index is 0.0813. The first-order valence-electron chi connectivity index (χ1n) is 5.88. The zero-order valence-electron chi connectivity index (χ0n) is 9.32. The summed E-state index contributed by atoms with van der Waals surface area (Å²) in [7, 11) is 0. The van der Waals surface area contributed by atoms with Crippen molar-refractivity contribution in [1.82, 2.24) is 5.32 Å². The van der Waals surface area contributed by atoms with E-state index in [9.17, 15) is 9.50 Å². The molecule has 0 amide bonds. The zero-order valence-corrected chi connectivity index (χ0v) is 9.32. The maximum Gasteiger partial charge on any atom is 0.123 e. The van der Waals surface area contributed by atoms with Crippen LogP contribution in [0.15, 0.2) is 24.3 Å². The lowest BCUT2D eigenvalue weighted by Gasteiger charge is -2.29. The Morgan fingerprint density at radius 2 is 2.12 bits per heavy atom. The van der Waals surface area contributed by atoms with Gasteiger partial charge in [0.2, 0.25) is 0 Å². The van der Waals surface area contributed by atoms with Crippen LogP contribution < -0.4 is 5.32 Å². The monoisotopic (exact) mass is 223 g/mol. The van der Waals surface area contributed by atoms with Gasteiger partial charge >= 0.3 is 0 Å². The predicted octanol–water partition coefficient (Wildman–Crippen LogP) is 1.90. The molecule has 2 N–H and O–H groups in total. The fourth-order valence-electron chi connectivity index (χ4n) is 2.51. The molecule has 1 aromatic rings. The number of benzene rings is 1. The Labute approximate surface area is 95.5 Å². The van der Waals surface area contributed by atoms with E-state index in [1.807, 2.05) is 6.07 Å². The van der Waals surface area contributed by atoms with Gasteiger partial charge in [0.05, 0.1) is 6.61 Å². The molecule has 1 fully saturated rings. The molecule has 0 aromatic heterocycles. The molecule has 2 rings (SSSR count). The number of aliphatic hydroxyl groups excluding tert-OH is 1. The van der Waals surface area contributed by atoms with E-state index in [0.29, 0.717) is 5.92 Å². The summed E-state index contributed by atoms with van der Waals surface area (Å²) >= 11 is 0. The van der Waals surface area contributed by atoms with Crippen molar-refractivity contribution in [2.24, 2.45) is 5.92 Å². The van der Waals surface area contributed by atoms with Crippen LogP contribution in [0.5, 0.6) is 0 Å². The minimum atomic E-state index is -0.218. The van der Waals surface area contributed by atoms with Gasteiger partial charge in [0.15, 0.2) is 0 Å². The highest BCUT2D eigenvalue weighted by Gasteiger charge is 2.24. The van der Waals surface area contributed by atoms with Crippen molar-refractivity contribution in [2.75, 3.05) is 19.7 Å². The van der Waals surface area contributed by atoms with Crippen LogP contribution in [-0.2, 0) is 0 Å². The summed E-state index contributed by atoms with van der Waals surface area (Å²) in [5.41, 5.74) is 0.925. The summed E-state index contributed by atoms with van der Waals surface area (Å²) in [6.07, 6.45) is 2.11. The number of hydrogen-bond acceptors (Lipinski definition) is 2. The van der Waals surface area contributed by atoms with Gasteiger partial charge in [0, 0.05) is 5.92 Å². The summed E-state index contributed by atoms with van der Waals surface area (Å²) in [4.78, 5) is 0. The largest absolute Gasteiger partial charge is 0.396 e. The standard InChI is InChI=1S/C13H18FNO/c14-12-3-1-2-11(8-12)13(9-16)10-4-6-15-7-5-10/h1-3,8,10,13,15-16H,4-7,9H2. The lowest BCUT2D eigenvalue weighted by Crippen LogP contribution is -2.32. The first kappa shape index (κ1) is 11.6. The lowest BCUT2D eigenvalue weighted by molar-refractivity contribution is 0.201. The molecule has 16 heavy (non-hydrogen) atoms.